The van der Waals surface area contributed by atoms with Gasteiger partial charge in [-0.05, 0) is 60.5 Å². The van der Waals surface area contributed by atoms with Crippen molar-refractivity contribution >= 4 is 28.3 Å². The number of anilines is 2. The maximum atomic E-state index is 12.5. The van der Waals surface area contributed by atoms with Gasteiger partial charge in [0.25, 0.3) is 5.91 Å². The molecule has 2 heterocycles. The van der Waals surface area contributed by atoms with E-state index in [2.05, 4.69) is 20.6 Å². The minimum atomic E-state index is -0.199. The molecule has 30 heavy (non-hydrogen) atoms. The van der Waals surface area contributed by atoms with Gasteiger partial charge < -0.3 is 15.4 Å². The van der Waals surface area contributed by atoms with Crippen molar-refractivity contribution in [1.29, 1.82) is 0 Å². The van der Waals surface area contributed by atoms with E-state index >= 15 is 0 Å². The molecule has 6 heteroatoms. The van der Waals surface area contributed by atoms with Crippen LogP contribution in [0.3, 0.4) is 0 Å². The summed E-state index contributed by atoms with van der Waals surface area (Å²) in [5.41, 5.74) is 3.32. The smallest absolute Gasteiger partial charge is 0.269 e. The number of hydrogen-bond donors (Lipinski definition) is 2. The third kappa shape index (κ3) is 4.72. The first-order valence-electron chi connectivity index (χ1n) is 9.71. The van der Waals surface area contributed by atoms with Crippen LogP contribution < -0.4 is 15.4 Å². The predicted molar refractivity (Wildman–Crippen MR) is 118 cm³/mol. The average molecular weight is 398 g/mol. The molecular weight excluding hydrogens is 376 g/mol. The van der Waals surface area contributed by atoms with Gasteiger partial charge in [-0.15, -0.1) is 0 Å². The molecule has 0 radical (unpaired) electrons. The minimum Gasteiger partial charge on any atom is -0.497 e. The van der Waals surface area contributed by atoms with Crippen molar-refractivity contribution in [2.24, 2.45) is 0 Å². The summed E-state index contributed by atoms with van der Waals surface area (Å²) in [5.74, 6) is 1.23. The summed E-state index contributed by atoms with van der Waals surface area (Å²) in [4.78, 5) is 21.2. The second kappa shape index (κ2) is 9.05. The molecule has 2 N–H and O–H groups in total. The fourth-order valence-corrected chi connectivity index (χ4v) is 3.14. The van der Waals surface area contributed by atoms with Crippen LogP contribution in [0.15, 0.2) is 79.0 Å². The maximum absolute atomic E-state index is 12.5. The maximum Gasteiger partial charge on any atom is 0.269 e. The van der Waals surface area contributed by atoms with Crippen molar-refractivity contribution in [3.63, 3.8) is 0 Å². The van der Waals surface area contributed by atoms with E-state index in [-0.39, 0.29) is 5.91 Å². The van der Waals surface area contributed by atoms with Gasteiger partial charge in [-0.2, -0.15) is 0 Å². The number of aromatic nitrogens is 2. The Bertz CT molecular complexity index is 1160. The van der Waals surface area contributed by atoms with Gasteiger partial charge in [-0.1, -0.05) is 24.3 Å². The third-order valence-electron chi connectivity index (χ3n) is 4.72. The molecular formula is C24H22N4O2. The molecule has 1 amide bonds. The Hall–Kier alpha value is -3.93. The summed E-state index contributed by atoms with van der Waals surface area (Å²) in [5, 5.41) is 7.21. The summed E-state index contributed by atoms with van der Waals surface area (Å²) in [6.45, 7) is 0.530. The van der Waals surface area contributed by atoms with Crippen LogP contribution in [0.2, 0.25) is 0 Å². The Balaban J connectivity index is 1.37. The summed E-state index contributed by atoms with van der Waals surface area (Å²) in [6, 6.07) is 23.0. The molecule has 0 atom stereocenters. The Kier molecular flexibility index (Phi) is 5.85. The van der Waals surface area contributed by atoms with E-state index in [0.29, 0.717) is 18.1 Å². The summed E-state index contributed by atoms with van der Waals surface area (Å²) in [6.07, 6.45) is 2.51. The first kappa shape index (κ1) is 19.4. The molecule has 0 spiro atoms. The number of benzene rings is 2. The molecule has 0 unspecified atom stereocenters. The number of nitrogens with one attached hydrogen (secondary N) is 2. The number of rotatable bonds is 7. The zero-order chi connectivity index (χ0) is 20.8. The number of carbonyl (C=O) groups excluding carboxylic acids is 1. The monoisotopic (exact) mass is 398 g/mol. The van der Waals surface area contributed by atoms with E-state index < -0.39 is 0 Å². The van der Waals surface area contributed by atoms with Gasteiger partial charge in [0.1, 0.15) is 17.3 Å². The topological polar surface area (TPSA) is 76.1 Å². The van der Waals surface area contributed by atoms with Gasteiger partial charge in [-0.25, -0.2) is 4.98 Å². The number of carbonyl (C=O) groups is 1. The number of pyridine rings is 2. The predicted octanol–water partition coefficient (Wildman–Crippen LogP) is 4.35. The molecule has 0 bridgehead atoms. The summed E-state index contributed by atoms with van der Waals surface area (Å²) >= 11 is 0. The van der Waals surface area contributed by atoms with Gasteiger partial charge in [0, 0.05) is 23.8 Å². The number of methoxy groups -OCH3 is 1. The van der Waals surface area contributed by atoms with Gasteiger partial charge >= 0.3 is 0 Å². The standard InChI is InChI=1S/C24H22N4O2/c1-30-20-10-7-17(8-11-20)13-15-26-24(29)22-5-2-6-23(28-22)27-19-9-12-21-18(16-19)4-3-14-25-21/h2-12,14,16H,13,15H2,1H3,(H,26,29)(H,27,28). The summed E-state index contributed by atoms with van der Waals surface area (Å²) < 4.78 is 5.16. The lowest BCUT2D eigenvalue weighted by atomic mass is 10.1. The Morgan fingerprint density at radius 3 is 2.70 bits per heavy atom. The molecule has 2 aromatic heterocycles. The number of hydrogen-bond acceptors (Lipinski definition) is 5. The van der Waals surface area contributed by atoms with Crippen LogP contribution in [0.25, 0.3) is 10.9 Å². The van der Waals surface area contributed by atoms with Crippen LogP contribution in [0.4, 0.5) is 11.5 Å². The van der Waals surface area contributed by atoms with E-state index in [9.17, 15) is 4.79 Å². The van der Waals surface area contributed by atoms with Crippen molar-refractivity contribution in [2.75, 3.05) is 19.0 Å². The molecule has 0 aliphatic rings. The molecule has 4 aromatic rings. The zero-order valence-corrected chi connectivity index (χ0v) is 16.6. The molecule has 2 aromatic carbocycles. The third-order valence-corrected chi connectivity index (χ3v) is 4.72. The first-order chi connectivity index (χ1) is 14.7. The van der Waals surface area contributed by atoms with Crippen molar-refractivity contribution < 1.29 is 9.53 Å². The van der Waals surface area contributed by atoms with E-state index in [0.717, 1.165) is 34.3 Å². The van der Waals surface area contributed by atoms with Crippen LogP contribution >= 0.6 is 0 Å². The van der Waals surface area contributed by atoms with Crippen molar-refractivity contribution in [1.82, 2.24) is 15.3 Å². The van der Waals surface area contributed by atoms with E-state index in [1.165, 1.54) is 0 Å². The van der Waals surface area contributed by atoms with Crippen molar-refractivity contribution in [3.8, 4) is 5.75 Å². The SMILES string of the molecule is COc1ccc(CCNC(=O)c2cccc(Nc3ccc4ncccc4c3)n2)cc1. The zero-order valence-electron chi connectivity index (χ0n) is 16.6. The molecule has 0 saturated heterocycles. The van der Waals surface area contributed by atoms with Crippen LogP contribution in [-0.4, -0.2) is 29.5 Å². The highest BCUT2D eigenvalue weighted by atomic mass is 16.5. The van der Waals surface area contributed by atoms with Crippen molar-refractivity contribution in [2.45, 2.75) is 6.42 Å². The molecule has 0 aliphatic carbocycles. The van der Waals surface area contributed by atoms with E-state index in [1.54, 1.807) is 19.4 Å². The van der Waals surface area contributed by atoms with Crippen LogP contribution in [0, 0.1) is 0 Å². The number of ether oxygens (including phenoxy) is 1. The van der Waals surface area contributed by atoms with Crippen LogP contribution in [0.5, 0.6) is 5.75 Å². The molecule has 6 nitrogen and oxygen atoms in total. The minimum absolute atomic E-state index is 0.199. The molecule has 0 saturated carbocycles. The summed E-state index contributed by atoms with van der Waals surface area (Å²) in [7, 11) is 1.64. The molecule has 0 fully saturated rings. The molecule has 150 valence electrons. The highest BCUT2D eigenvalue weighted by Gasteiger charge is 2.08. The van der Waals surface area contributed by atoms with Gasteiger partial charge in [0.15, 0.2) is 0 Å². The van der Waals surface area contributed by atoms with E-state index in [1.807, 2.05) is 66.7 Å². The Labute approximate surface area is 175 Å². The number of nitrogens with zero attached hydrogens (tertiary/aromatic N) is 2. The first-order valence-corrected chi connectivity index (χ1v) is 9.71. The Morgan fingerprint density at radius 1 is 1.00 bits per heavy atom. The lowest BCUT2D eigenvalue weighted by molar-refractivity contribution is 0.0949. The second-order valence-corrected chi connectivity index (χ2v) is 6.80. The molecule has 4 rings (SSSR count). The van der Waals surface area contributed by atoms with Crippen molar-refractivity contribution in [3.05, 3.63) is 90.3 Å². The van der Waals surface area contributed by atoms with Gasteiger partial charge in [0.2, 0.25) is 0 Å². The quantitative estimate of drug-likeness (QED) is 0.484. The lowest BCUT2D eigenvalue weighted by Gasteiger charge is -2.09. The van der Waals surface area contributed by atoms with Gasteiger partial charge in [-0.3, -0.25) is 9.78 Å². The van der Waals surface area contributed by atoms with Gasteiger partial charge in [0.05, 0.1) is 12.6 Å². The van der Waals surface area contributed by atoms with Crippen LogP contribution in [-0.2, 0) is 6.42 Å². The number of fused-ring (bicyclic) bond motifs is 1. The number of amides is 1. The molecule has 0 aliphatic heterocycles. The fraction of sp³-hybridized carbons (Fsp3) is 0.125. The normalized spacial score (nSPS) is 10.6. The largest absolute Gasteiger partial charge is 0.497 e. The average Bonchev–Trinajstić information content (AvgIpc) is 2.79. The Morgan fingerprint density at radius 2 is 1.87 bits per heavy atom. The highest BCUT2D eigenvalue weighted by molar-refractivity contribution is 5.92. The van der Waals surface area contributed by atoms with E-state index in [4.69, 9.17) is 4.74 Å². The lowest BCUT2D eigenvalue weighted by Crippen LogP contribution is -2.26. The van der Waals surface area contributed by atoms with Crippen LogP contribution in [0.1, 0.15) is 16.1 Å². The second-order valence-electron chi connectivity index (χ2n) is 6.80. The fourth-order valence-electron chi connectivity index (χ4n) is 3.14. The highest BCUT2D eigenvalue weighted by Crippen LogP contribution is 2.20.